The van der Waals surface area contributed by atoms with Crippen LogP contribution in [0.3, 0.4) is 0 Å². The third-order valence-electron chi connectivity index (χ3n) is 2.64. The Labute approximate surface area is 123 Å². The fourth-order valence-corrected chi connectivity index (χ4v) is 2.77. The molecule has 4 heteroatoms. The first-order chi connectivity index (χ1) is 8.67. The molecular weight excluding hydrogens is 360 g/mol. The summed E-state index contributed by atoms with van der Waals surface area (Å²) in [5.74, 6) is 1.42. The van der Waals surface area contributed by atoms with Crippen LogP contribution in [-0.4, -0.2) is 14.2 Å². The van der Waals surface area contributed by atoms with Gasteiger partial charge in [0.15, 0.2) is 11.5 Å². The Kier molecular flexibility index (Phi) is 4.30. The van der Waals surface area contributed by atoms with E-state index in [0.29, 0.717) is 11.5 Å². The fourth-order valence-electron chi connectivity index (χ4n) is 1.74. The summed E-state index contributed by atoms with van der Waals surface area (Å²) in [6, 6.07) is 11.9. The van der Waals surface area contributed by atoms with Gasteiger partial charge < -0.3 is 9.47 Å². The minimum absolute atomic E-state index is 0.708. The predicted octanol–water partition coefficient (Wildman–Crippen LogP) is 4.90. The number of methoxy groups -OCH3 is 2. The van der Waals surface area contributed by atoms with Crippen LogP contribution in [-0.2, 0) is 0 Å². The third kappa shape index (κ3) is 2.54. The maximum Gasteiger partial charge on any atom is 0.161 e. The molecule has 18 heavy (non-hydrogen) atoms. The average Bonchev–Trinajstić information content (AvgIpc) is 2.39. The second-order valence-corrected chi connectivity index (χ2v) is 5.38. The molecule has 0 atom stereocenters. The summed E-state index contributed by atoms with van der Waals surface area (Å²) < 4.78 is 12.6. The van der Waals surface area contributed by atoms with Crippen molar-refractivity contribution in [3.05, 3.63) is 45.3 Å². The lowest BCUT2D eigenvalue weighted by molar-refractivity contribution is 0.355. The van der Waals surface area contributed by atoms with Gasteiger partial charge >= 0.3 is 0 Å². The van der Waals surface area contributed by atoms with Crippen molar-refractivity contribution in [1.29, 1.82) is 0 Å². The quantitative estimate of drug-likeness (QED) is 0.764. The molecule has 0 aliphatic rings. The number of halogens is 2. The highest BCUT2D eigenvalue weighted by Gasteiger charge is 2.12. The lowest BCUT2D eigenvalue weighted by atomic mass is 10.1. The molecule has 0 fully saturated rings. The van der Waals surface area contributed by atoms with Crippen molar-refractivity contribution in [2.75, 3.05) is 14.2 Å². The van der Waals surface area contributed by atoms with Gasteiger partial charge in [0.1, 0.15) is 0 Å². The number of hydrogen-bond donors (Lipinski definition) is 0. The van der Waals surface area contributed by atoms with Gasteiger partial charge in [-0.3, -0.25) is 0 Å². The molecule has 2 aromatic carbocycles. The molecule has 0 aromatic heterocycles. The SMILES string of the molecule is COc1cc(Br)c(-c2ccccc2Br)cc1OC. The molecule has 2 nitrogen and oxygen atoms in total. The molecule has 2 aromatic rings. The Hall–Kier alpha value is -1.00. The standard InChI is InChI=1S/C14H12Br2O2/c1-17-13-7-10(12(16)8-14(13)18-2)9-5-3-4-6-11(9)15/h3-8H,1-2H3. The van der Waals surface area contributed by atoms with Crippen molar-refractivity contribution >= 4 is 31.9 Å². The van der Waals surface area contributed by atoms with Gasteiger partial charge in [-0.05, 0) is 23.8 Å². The van der Waals surface area contributed by atoms with E-state index in [4.69, 9.17) is 9.47 Å². The molecule has 0 saturated heterocycles. The maximum atomic E-state index is 5.33. The molecular formula is C14H12Br2O2. The number of benzene rings is 2. The Morgan fingerprint density at radius 2 is 1.39 bits per heavy atom. The Morgan fingerprint density at radius 1 is 0.778 bits per heavy atom. The molecule has 0 saturated carbocycles. The lowest BCUT2D eigenvalue weighted by Crippen LogP contribution is -1.92. The summed E-state index contributed by atoms with van der Waals surface area (Å²) in [6.07, 6.45) is 0. The van der Waals surface area contributed by atoms with Crippen molar-refractivity contribution in [3.63, 3.8) is 0 Å². The van der Waals surface area contributed by atoms with Crippen LogP contribution in [0.25, 0.3) is 11.1 Å². The van der Waals surface area contributed by atoms with Gasteiger partial charge in [0.2, 0.25) is 0 Å². The number of rotatable bonds is 3. The second kappa shape index (κ2) is 5.76. The Morgan fingerprint density at radius 3 is 2.00 bits per heavy atom. The molecule has 0 unspecified atom stereocenters. The molecule has 0 radical (unpaired) electrons. The zero-order valence-corrected chi connectivity index (χ0v) is 13.2. The normalized spacial score (nSPS) is 10.2. The topological polar surface area (TPSA) is 18.5 Å². The van der Waals surface area contributed by atoms with Crippen LogP contribution in [0, 0.1) is 0 Å². The van der Waals surface area contributed by atoms with Gasteiger partial charge in [0.05, 0.1) is 14.2 Å². The van der Waals surface area contributed by atoms with Gasteiger partial charge in [-0.2, -0.15) is 0 Å². The zero-order valence-electron chi connectivity index (χ0n) is 10.0. The summed E-state index contributed by atoms with van der Waals surface area (Å²) >= 11 is 7.12. The van der Waals surface area contributed by atoms with E-state index in [1.165, 1.54) is 0 Å². The zero-order chi connectivity index (χ0) is 13.1. The van der Waals surface area contributed by atoms with E-state index in [9.17, 15) is 0 Å². The molecule has 0 aliphatic carbocycles. The highest BCUT2D eigenvalue weighted by molar-refractivity contribution is 9.11. The van der Waals surface area contributed by atoms with Crippen LogP contribution in [0.15, 0.2) is 45.3 Å². The number of ether oxygens (including phenoxy) is 2. The first-order valence-electron chi connectivity index (χ1n) is 5.33. The first-order valence-corrected chi connectivity index (χ1v) is 6.92. The first kappa shape index (κ1) is 13.4. The third-order valence-corrected chi connectivity index (χ3v) is 3.98. The van der Waals surface area contributed by atoms with Crippen LogP contribution in [0.4, 0.5) is 0 Å². The van der Waals surface area contributed by atoms with Gasteiger partial charge in [-0.15, -0.1) is 0 Å². The molecule has 0 aliphatic heterocycles. The van der Waals surface area contributed by atoms with E-state index in [1.54, 1.807) is 14.2 Å². The summed E-state index contributed by atoms with van der Waals surface area (Å²) in [6.45, 7) is 0. The van der Waals surface area contributed by atoms with Crippen LogP contribution >= 0.6 is 31.9 Å². The average molecular weight is 372 g/mol. The molecule has 0 spiro atoms. The maximum absolute atomic E-state index is 5.33. The van der Waals surface area contributed by atoms with E-state index >= 15 is 0 Å². The van der Waals surface area contributed by atoms with Crippen molar-refractivity contribution in [2.45, 2.75) is 0 Å². The summed E-state index contributed by atoms with van der Waals surface area (Å²) in [5.41, 5.74) is 2.16. The molecule has 0 amide bonds. The molecule has 94 valence electrons. The highest BCUT2D eigenvalue weighted by Crippen LogP contribution is 2.40. The Bertz CT molecular complexity index is 568. The van der Waals surface area contributed by atoms with Gasteiger partial charge in [0, 0.05) is 14.5 Å². The van der Waals surface area contributed by atoms with Crippen molar-refractivity contribution < 1.29 is 9.47 Å². The van der Waals surface area contributed by atoms with E-state index < -0.39 is 0 Å². The van der Waals surface area contributed by atoms with Gasteiger partial charge in [-0.25, -0.2) is 0 Å². The monoisotopic (exact) mass is 370 g/mol. The fraction of sp³-hybridized carbons (Fsp3) is 0.143. The van der Waals surface area contributed by atoms with E-state index in [-0.39, 0.29) is 0 Å². The molecule has 0 heterocycles. The summed E-state index contributed by atoms with van der Waals surface area (Å²) in [7, 11) is 3.26. The van der Waals surface area contributed by atoms with Crippen LogP contribution < -0.4 is 9.47 Å². The van der Waals surface area contributed by atoms with Gasteiger partial charge in [-0.1, -0.05) is 50.1 Å². The van der Waals surface area contributed by atoms with Crippen LogP contribution in [0.1, 0.15) is 0 Å². The molecule has 2 rings (SSSR count). The highest BCUT2D eigenvalue weighted by atomic mass is 79.9. The van der Waals surface area contributed by atoms with Crippen LogP contribution in [0.5, 0.6) is 11.5 Å². The predicted molar refractivity (Wildman–Crippen MR) is 80.4 cm³/mol. The summed E-state index contributed by atoms with van der Waals surface area (Å²) in [4.78, 5) is 0. The molecule has 0 N–H and O–H groups in total. The van der Waals surface area contributed by atoms with E-state index in [2.05, 4.69) is 37.9 Å². The summed E-state index contributed by atoms with van der Waals surface area (Å²) in [5, 5.41) is 0. The largest absolute Gasteiger partial charge is 0.493 e. The van der Waals surface area contributed by atoms with E-state index in [1.807, 2.05) is 30.3 Å². The Balaban J connectivity index is 2.62. The smallest absolute Gasteiger partial charge is 0.161 e. The van der Waals surface area contributed by atoms with Gasteiger partial charge in [0.25, 0.3) is 0 Å². The van der Waals surface area contributed by atoms with Crippen LogP contribution in [0.2, 0.25) is 0 Å². The molecule has 0 bridgehead atoms. The van der Waals surface area contributed by atoms with Crippen molar-refractivity contribution in [2.24, 2.45) is 0 Å². The van der Waals surface area contributed by atoms with E-state index in [0.717, 1.165) is 20.1 Å². The van der Waals surface area contributed by atoms with Crippen molar-refractivity contribution in [3.8, 4) is 22.6 Å². The lowest BCUT2D eigenvalue weighted by Gasteiger charge is -2.13. The van der Waals surface area contributed by atoms with Crippen molar-refractivity contribution in [1.82, 2.24) is 0 Å². The minimum Gasteiger partial charge on any atom is -0.493 e. The second-order valence-electron chi connectivity index (χ2n) is 3.67. The minimum atomic E-state index is 0.708. The number of hydrogen-bond acceptors (Lipinski definition) is 2.